The molecule has 0 radical (unpaired) electrons. The van der Waals surface area contributed by atoms with Crippen LogP contribution in [0, 0.1) is 0 Å². The topological polar surface area (TPSA) is 38.3 Å². The van der Waals surface area contributed by atoms with Crippen LogP contribution in [-0.4, -0.2) is 5.91 Å². The number of rotatable bonds is 5. The lowest BCUT2D eigenvalue weighted by Crippen LogP contribution is -2.09. The van der Waals surface area contributed by atoms with E-state index in [1.165, 1.54) is 11.3 Å². The summed E-state index contributed by atoms with van der Waals surface area (Å²) in [6.07, 6.45) is 0. The lowest BCUT2D eigenvalue weighted by Gasteiger charge is -2.04. The molecule has 1 amide bonds. The Morgan fingerprint density at radius 3 is 2.70 bits per heavy atom. The van der Waals surface area contributed by atoms with Crippen molar-refractivity contribution in [1.29, 1.82) is 0 Å². The van der Waals surface area contributed by atoms with Crippen LogP contribution < -0.4 is 10.1 Å². The molecule has 1 aromatic heterocycles. The van der Waals surface area contributed by atoms with Crippen LogP contribution in [0.15, 0.2) is 66.0 Å². The third-order valence-corrected chi connectivity index (χ3v) is 4.32. The number of ether oxygens (including phenoxy) is 1. The van der Waals surface area contributed by atoms with Crippen molar-refractivity contribution in [2.24, 2.45) is 0 Å². The molecule has 0 spiro atoms. The maximum Gasteiger partial charge on any atom is 0.265 e. The zero-order valence-electron chi connectivity index (χ0n) is 12.2. The fourth-order valence-electron chi connectivity index (χ4n) is 2.01. The highest BCUT2D eigenvalue weighted by Gasteiger charge is 2.10. The second-order valence-corrected chi connectivity index (χ2v) is 6.23. The number of hydrogen-bond acceptors (Lipinski definition) is 3. The number of hydrogen-bond donors (Lipinski definition) is 1. The number of para-hydroxylation sites is 1. The highest BCUT2D eigenvalue weighted by Crippen LogP contribution is 2.21. The normalized spacial score (nSPS) is 10.3. The second kappa shape index (κ2) is 7.31. The largest absolute Gasteiger partial charge is 0.489 e. The van der Waals surface area contributed by atoms with Crippen LogP contribution in [0.25, 0.3) is 0 Å². The maximum atomic E-state index is 12.2. The van der Waals surface area contributed by atoms with E-state index in [0.717, 1.165) is 11.3 Å². The van der Waals surface area contributed by atoms with Gasteiger partial charge in [0.25, 0.3) is 5.91 Å². The smallest absolute Gasteiger partial charge is 0.265 e. The zero-order valence-corrected chi connectivity index (χ0v) is 13.7. The maximum absolute atomic E-state index is 12.2. The fraction of sp³-hybridized carbons (Fsp3) is 0.0556. The van der Waals surface area contributed by atoms with Gasteiger partial charge in [0.15, 0.2) is 0 Å². The van der Waals surface area contributed by atoms with Gasteiger partial charge in [0, 0.05) is 16.3 Å². The summed E-state index contributed by atoms with van der Waals surface area (Å²) in [7, 11) is 0. The van der Waals surface area contributed by atoms with Crippen LogP contribution in [0.1, 0.15) is 15.2 Å². The van der Waals surface area contributed by atoms with Crippen molar-refractivity contribution in [2.75, 3.05) is 5.32 Å². The molecule has 0 saturated carbocycles. The van der Waals surface area contributed by atoms with Gasteiger partial charge in [-0.1, -0.05) is 35.9 Å². The van der Waals surface area contributed by atoms with Gasteiger partial charge >= 0.3 is 0 Å². The molecule has 3 rings (SSSR count). The molecule has 2 aromatic carbocycles. The van der Waals surface area contributed by atoms with Crippen LogP contribution in [0.4, 0.5) is 5.69 Å². The van der Waals surface area contributed by atoms with Gasteiger partial charge in [-0.3, -0.25) is 4.79 Å². The summed E-state index contributed by atoms with van der Waals surface area (Å²) in [5.41, 5.74) is 1.73. The Kier molecular flexibility index (Phi) is 4.95. The number of thiophene rings is 1. The van der Waals surface area contributed by atoms with E-state index in [1.54, 1.807) is 12.1 Å². The summed E-state index contributed by atoms with van der Waals surface area (Å²) in [6.45, 7) is 0.398. The molecule has 1 heterocycles. The Bertz CT molecular complexity index is 802. The van der Waals surface area contributed by atoms with Gasteiger partial charge in [-0.05, 0) is 41.8 Å². The summed E-state index contributed by atoms with van der Waals surface area (Å²) in [6, 6.07) is 18.5. The van der Waals surface area contributed by atoms with Gasteiger partial charge in [0.1, 0.15) is 12.4 Å². The zero-order chi connectivity index (χ0) is 16.1. The summed E-state index contributed by atoms with van der Waals surface area (Å²) in [5.74, 6) is 0.592. The van der Waals surface area contributed by atoms with Crippen molar-refractivity contribution >= 4 is 34.5 Å². The molecule has 1 N–H and O–H groups in total. The minimum absolute atomic E-state index is 0.116. The van der Waals surface area contributed by atoms with Crippen LogP contribution in [0.3, 0.4) is 0 Å². The van der Waals surface area contributed by atoms with E-state index in [2.05, 4.69) is 5.32 Å². The molecule has 116 valence electrons. The first kappa shape index (κ1) is 15.6. The van der Waals surface area contributed by atoms with E-state index in [0.29, 0.717) is 22.3 Å². The van der Waals surface area contributed by atoms with E-state index in [4.69, 9.17) is 16.3 Å². The molecule has 0 fully saturated rings. The van der Waals surface area contributed by atoms with Crippen molar-refractivity contribution in [1.82, 2.24) is 0 Å². The average Bonchev–Trinajstić information content (AvgIpc) is 3.03. The number of carbonyl (C=O) groups is 1. The van der Waals surface area contributed by atoms with E-state index in [1.807, 2.05) is 53.9 Å². The first-order chi connectivity index (χ1) is 11.2. The lowest BCUT2D eigenvalue weighted by molar-refractivity contribution is 0.103. The number of anilines is 1. The minimum Gasteiger partial charge on any atom is -0.489 e. The number of amides is 1. The highest BCUT2D eigenvalue weighted by atomic mass is 35.5. The van der Waals surface area contributed by atoms with Crippen molar-refractivity contribution in [3.63, 3.8) is 0 Å². The van der Waals surface area contributed by atoms with Gasteiger partial charge in [-0.25, -0.2) is 0 Å². The molecule has 23 heavy (non-hydrogen) atoms. The standard InChI is InChI=1S/C18H14ClNO2S/c19-14-5-4-8-16(10-14)22-11-13-9-17(23-12-13)18(21)20-15-6-2-1-3-7-15/h1-10,12H,11H2,(H,20,21). The molecule has 0 bridgehead atoms. The number of benzene rings is 2. The third-order valence-electron chi connectivity index (χ3n) is 3.11. The second-order valence-electron chi connectivity index (χ2n) is 4.89. The molecular weight excluding hydrogens is 330 g/mol. The Morgan fingerprint density at radius 1 is 1.09 bits per heavy atom. The minimum atomic E-state index is -0.116. The molecule has 0 saturated heterocycles. The molecule has 5 heteroatoms. The van der Waals surface area contributed by atoms with Gasteiger partial charge in [0.05, 0.1) is 4.88 Å². The molecule has 0 unspecified atom stereocenters. The van der Waals surface area contributed by atoms with Crippen LogP contribution in [-0.2, 0) is 6.61 Å². The number of carbonyl (C=O) groups excluding carboxylic acids is 1. The molecule has 3 nitrogen and oxygen atoms in total. The van der Waals surface area contributed by atoms with E-state index in [-0.39, 0.29) is 5.91 Å². The van der Waals surface area contributed by atoms with Gasteiger partial charge in [-0.2, -0.15) is 0 Å². The first-order valence-electron chi connectivity index (χ1n) is 7.03. The molecule has 0 aliphatic rings. The molecule has 0 atom stereocenters. The van der Waals surface area contributed by atoms with Crippen LogP contribution in [0.2, 0.25) is 5.02 Å². The van der Waals surface area contributed by atoms with E-state index >= 15 is 0 Å². The van der Waals surface area contributed by atoms with Crippen molar-refractivity contribution < 1.29 is 9.53 Å². The van der Waals surface area contributed by atoms with Gasteiger partial charge < -0.3 is 10.1 Å². The SMILES string of the molecule is O=C(Nc1ccccc1)c1cc(COc2cccc(Cl)c2)cs1. The molecule has 0 aliphatic carbocycles. The van der Waals surface area contributed by atoms with Gasteiger partial charge in [-0.15, -0.1) is 11.3 Å². The molecular formula is C18H14ClNO2S. The Hall–Kier alpha value is -2.30. The van der Waals surface area contributed by atoms with Crippen LogP contribution in [0.5, 0.6) is 5.75 Å². The monoisotopic (exact) mass is 343 g/mol. The number of nitrogens with one attached hydrogen (secondary N) is 1. The average molecular weight is 344 g/mol. The Balaban J connectivity index is 1.60. The Morgan fingerprint density at radius 2 is 1.91 bits per heavy atom. The van der Waals surface area contributed by atoms with E-state index < -0.39 is 0 Å². The summed E-state index contributed by atoms with van der Waals surface area (Å²) in [4.78, 5) is 12.8. The first-order valence-corrected chi connectivity index (χ1v) is 8.28. The van der Waals surface area contributed by atoms with Crippen molar-refractivity contribution in [3.8, 4) is 5.75 Å². The van der Waals surface area contributed by atoms with E-state index in [9.17, 15) is 4.79 Å². The van der Waals surface area contributed by atoms with Gasteiger partial charge in [0.2, 0.25) is 0 Å². The number of halogens is 1. The quantitative estimate of drug-likeness (QED) is 0.688. The third kappa shape index (κ3) is 4.34. The predicted molar refractivity (Wildman–Crippen MR) is 94.5 cm³/mol. The molecule has 0 aliphatic heterocycles. The van der Waals surface area contributed by atoms with Crippen molar-refractivity contribution in [3.05, 3.63) is 81.5 Å². The van der Waals surface area contributed by atoms with Crippen LogP contribution >= 0.6 is 22.9 Å². The summed E-state index contributed by atoms with van der Waals surface area (Å²) < 4.78 is 5.67. The predicted octanol–water partition coefficient (Wildman–Crippen LogP) is 5.23. The van der Waals surface area contributed by atoms with Crippen molar-refractivity contribution in [2.45, 2.75) is 6.61 Å². The summed E-state index contributed by atoms with van der Waals surface area (Å²) >= 11 is 7.32. The summed E-state index contributed by atoms with van der Waals surface area (Å²) in [5, 5.41) is 5.42. The highest BCUT2D eigenvalue weighted by molar-refractivity contribution is 7.12. The Labute approximate surface area is 143 Å². The fourth-order valence-corrected chi connectivity index (χ4v) is 2.98. The lowest BCUT2D eigenvalue weighted by atomic mass is 10.3. The molecule has 3 aromatic rings.